The van der Waals surface area contributed by atoms with E-state index in [9.17, 15) is 9.59 Å². The van der Waals surface area contributed by atoms with E-state index >= 15 is 0 Å². The van der Waals surface area contributed by atoms with Crippen molar-refractivity contribution in [1.82, 2.24) is 4.90 Å². The van der Waals surface area contributed by atoms with Gasteiger partial charge in [-0.3, -0.25) is 9.59 Å². The molecule has 0 atom stereocenters. The molecule has 1 saturated heterocycles. The molecule has 0 saturated carbocycles. The van der Waals surface area contributed by atoms with Crippen molar-refractivity contribution in [2.45, 2.75) is 13.8 Å². The summed E-state index contributed by atoms with van der Waals surface area (Å²) in [5, 5.41) is 4.10. The monoisotopic (exact) mass is 481 g/mol. The number of nitrogens with one attached hydrogen (secondary N) is 1. The summed E-state index contributed by atoms with van der Waals surface area (Å²) in [5.74, 6) is -0.165. The molecule has 0 aliphatic carbocycles. The van der Waals surface area contributed by atoms with E-state index in [4.69, 9.17) is 23.2 Å². The molecule has 0 radical (unpaired) electrons. The molecule has 2 amide bonds. The molecule has 33 heavy (non-hydrogen) atoms. The summed E-state index contributed by atoms with van der Waals surface area (Å²) < 4.78 is 0. The van der Waals surface area contributed by atoms with Gasteiger partial charge in [-0.2, -0.15) is 0 Å². The molecule has 0 bridgehead atoms. The number of carbonyl (C=O) groups excluding carboxylic acids is 2. The number of nitrogens with zero attached hydrogens (tertiary/aromatic N) is 2. The Kier molecular flexibility index (Phi) is 6.91. The average molecular weight is 482 g/mol. The van der Waals surface area contributed by atoms with E-state index in [2.05, 4.69) is 10.2 Å². The lowest BCUT2D eigenvalue weighted by Gasteiger charge is -2.36. The van der Waals surface area contributed by atoms with E-state index in [1.807, 2.05) is 49.1 Å². The maximum atomic E-state index is 12.7. The van der Waals surface area contributed by atoms with E-state index < -0.39 is 0 Å². The second kappa shape index (κ2) is 9.86. The molecule has 1 fully saturated rings. The number of hydrogen-bond donors (Lipinski definition) is 1. The molecule has 4 rings (SSSR count). The van der Waals surface area contributed by atoms with Crippen molar-refractivity contribution in [2.24, 2.45) is 0 Å². The van der Waals surface area contributed by atoms with Crippen LogP contribution in [0.4, 0.5) is 11.4 Å². The van der Waals surface area contributed by atoms with Gasteiger partial charge in [0.25, 0.3) is 11.8 Å². The number of halogens is 2. The first-order chi connectivity index (χ1) is 15.8. The number of aryl methyl sites for hydroxylation is 2. The normalized spacial score (nSPS) is 13.7. The summed E-state index contributed by atoms with van der Waals surface area (Å²) >= 11 is 12.5. The molecule has 1 aliphatic rings. The van der Waals surface area contributed by atoms with Gasteiger partial charge in [0.1, 0.15) is 0 Å². The van der Waals surface area contributed by atoms with Crippen molar-refractivity contribution in [3.8, 4) is 0 Å². The molecule has 1 heterocycles. The number of piperazine rings is 1. The van der Waals surface area contributed by atoms with Crippen molar-refractivity contribution >= 4 is 46.4 Å². The Morgan fingerprint density at radius 1 is 0.788 bits per heavy atom. The lowest BCUT2D eigenvalue weighted by Crippen LogP contribution is -2.48. The van der Waals surface area contributed by atoms with Crippen LogP contribution in [0.2, 0.25) is 10.0 Å². The van der Waals surface area contributed by atoms with Crippen molar-refractivity contribution in [1.29, 1.82) is 0 Å². The highest BCUT2D eigenvalue weighted by atomic mass is 35.5. The summed E-state index contributed by atoms with van der Waals surface area (Å²) in [5.41, 5.74) is 4.87. The second-order valence-electron chi connectivity index (χ2n) is 8.28. The van der Waals surface area contributed by atoms with Gasteiger partial charge in [0.2, 0.25) is 0 Å². The van der Waals surface area contributed by atoms with Crippen molar-refractivity contribution in [3.05, 3.63) is 93.0 Å². The first-order valence-corrected chi connectivity index (χ1v) is 11.5. The third kappa shape index (κ3) is 5.49. The molecule has 3 aromatic carbocycles. The first-order valence-electron chi connectivity index (χ1n) is 10.8. The zero-order valence-electron chi connectivity index (χ0n) is 18.6. The van der Waals surface area contributed by atoms with Gasteiger partial charge in [-0.05, 0) is 68.4 Å². The smallest absolute Gasteiger partial charge is 0.255 e. The fourth-order valence-corrected chi connectivity index (χ4v) is 4.50. The van der Waals surface area contributed by atoms with Crippen molar-refractivity contribution in [2.75, 3.05) is 36.4 Å². The Balaban J connectivity index is 1.39. The number of benzene rings is 3. The number of rotatable bonds is 4. The summed E-state index contributed by atoms with van der Waals surface area (Å²) in [7, 11) is 0. The lowest BCUT2D eigenvalue weighted by atomic mass is 10.1. The van der Waals surface area contributed by atoms with Crippen LogP contribution in [0, 0.1) is 13.8 Å². The molecular weight excluding hydrogens is 457 g/mol. The molecule has 5 nitrogen and oxygen atoms in total. The zero-order valence-corrected chi connectivity index (χ0v) is 20.1. The zero-order chi connectivity index (χ0) is 23.5. The Hall–Kier alpha value is -3.02. The van der Waals surface area contributed by atoms with Crippen molar-refractivity contribution < 1.29 is 9.59 Å². The third-order valence-corrected chi connectivity index (χ3v) is 6.24. The minimum absolute atomic E-state index is 0.00172. The standard InChI is InChI=1S/C26H25Cl2N3O2/c1-17-13-18(2)15-20(14-17)25(32)29-22-7-8-24(23(28)16-22)30-9-11-31(12-10-30)26(33)19-3-5-21(27)6-4-19/h3-8,13-16H,9-12H2,1-2H3,(H,29,32). The van der Waals surface area contributed by atoms with E-state index in [1.165, 1.54) is 0 Å². The van der Waals surface area contributed by atoms with Gasteiger partial charge in [-0.1, -0.05) is 40.4 Å². The predicted molar refractivity (Wildman–Crippen MR) is 135 cm³/mol. The highest BCUT2D eigenvalue weighted by Gasteiger charge is 2.23. The van der Waals surface area contributed by atoms with Crippen LogP contribution >= 0.6 is 23.2 Å². The van der Waals surface area contributed by atoms with Crippen LogP contribution in [0.5, 0.6) is 0 Å². The maximum absolute atomic E-state index is 12.7. The maximum Gasteiger partial charge on any atom is 0.255 e. The lowest BCUT2D eigenvalue weighted by molar-refractivity contribution is 0.0746. The minimum atomic E-state index is -0.167. The molecule has 0 unspecified atom stereocenters. The summed E-state index contributed by atoms with van der Waals surface area (Å²) in [6, 6.07) is 18.2. The van der Waals surface area contributed by atoms with Gasteiger partial charge in [-0.25, -0.2) is 0 Å². The SMILES string of the molecule is Cc1cc(C)cc(C(=O)Nc2ccc(N3CCN(C(=O)c4ccc(Cl)cc4)CC3)c(Cl)c2)c1. The largest absolute Gasteiger partial charge is 0.367 e. The number of amides is 2. The van der Waals surface area contributed by atoms with Gasteiger partial charge < -0.3 is 15.1 Å². The number of hydrogen-bond acceptors (Lipinski definition) is 3. The average Bonchev–Trinajstić information content (AvgIpc) is 2.79. The molecular formula is C26H25Cl2N3O2. The van der Waals surface area contributed by atoms with Crippen LogP contribution < -0.4 is 10.2 Å². The third-order valence-electron chi connectivity index (χ3n) is 5.69. The topological polar surface area (TPSA) is 52.7 Å². The van der Waals surface area contributed by atoms with Gasteiger partial charge in [0, 0.05) is 48.0 Å². The van der Waals surface area contributed by atoms with Crippen molar-refractivity contribution in [3.63, 3.8) is 0 Å². The van der Waals surface area contributed by atoms with E-state index in [0.29, 0.717) is 53.0 Å². The van der Waals surface area contributed by atoms with Gasteiger partial charge in [0.05, 0.1) is 10.7 Å². The molecule has 0 aromatic heterocycles. The van der Waals surface area contributed by atoms with Gasteiger partial charge >= 0.3 is 0 Å². The Morgan fingerprint density at radius 3 is 2.03 bits per heavy atom. The van der Waals surface area contributed by atoms with Crippen LogP contribution in [0.1, 0.15) is 31.8 Å². The van der Waals surface area contributed by atoms with Gasteiger partial charge in [-0.15, -0.1) is 0 Å². The molecule has 3 aromatic rings. The van der Waals surface area contributed by atoms with E-state index in [-0.39, 0.29) is 11.8 Å². The highest BCUT2D eigenvalue weighted by Crippen LogP contribution is 2.30. The van der Waals surface area contributed by atoms with Crippen LogP contribution in [0.3, 0.4) is 0 Å². The van der Waals surface area contributed by atoms with Crippen LogP contribution in [0.25, 0.3) is 0 Å². The summed E-state index contributed by atoms with van der Waals surface area (Å²) in [6.07, 6.45) is 0. The Bertz CT molecular complexity index is 1170. The Labute approximate surface area is 203 Å². The van der Waals surface area contributed by atoms with Gasteiger partial charge in [0.15, 0.2) is 0 Å². The summed E-state index contributed by atoms with van der Waals surface area (Å²) in [6.45, 7) is 6.49. The van der Waals surface area contributed by atoms with Crippen LogP contribution in [-0.2, 0) is 0 Å². The molecule has 1 aliphatic heterocycles. The first kappa shape index (κ1) is 23.1. The fraction of sp³-hybridized carbons (Fsp3) is 0.231. The minimum Gasteiger partial charge on any atom is -0.367 e. The Morgan fingerprint density at radius 2 is 1.42 bits per heavy atom. The molecule has 170 valence electrons. The van der Waals surface area contributed by atoms with Crippen LogP contribution in [0.15, 0.2) is 60.7 Å². The fourth-order valence-electron chi connectivity index (χ4n) is 4.08. The molecule has 7 heteroatoms. The number of anilines is 2. The highest BCUT2D eigenvalue weighted by molar-refractivity contribution is 6.33. The predicted octanol–water partition coefficient (Wildman–Crippen LogP) is 5.82. The molecule has 1 N–H and O–H groups in total. The summed E-state index contributed by atoms with van der Waals surface area (Å²) in [4.78, 5) is 29.4. The van der Waals surface area contributed by atoms with Crippen LogP contribution in [-0.4, -0.2) is 42.9 Å². The second-order valence-corrected chi connectivity index (χ2v) is 9.13. The number of carbonyl (C=O) groups is 2. The molecule has 0 spiro atoms. The van der Waals surface area contributed by atoms with E-state index in [0.717, 1.165) is 16.8 Å². The van der Waals surface area contributed by atoms with E-state index in [1.54, 1.807) is 30.3 Å². The quantitative estimate of drug-likeness (QED) is 0.510.